The van der Waals surface area contributed by atoms with E-state index in [9.17, 15) is 38.1 Å². The second kappa shape index (κ2) is 16.5. The second-order valence-electron chi connectivity index (χ2n) is 10.2. The fraction of sp³-hybridized carbons (Fsp3) is 0.593. The summed E-state index contributed by atoms with van der Waals surface area (Å²) in [5, 5.41) is 32.6. The summed E-state index contributed by atoms with van der Waals surface area (Å²) in [7, 11) is -2.23. The van der Waals surface area contributed by atoms with Crippen molar-refractivity contribution in [3.63, 3.8) is 0 Å². The Morgan fingerprint density at radius 2 is 2.00 bits per heavy atom. The molecule has 226 valence electrons. The van der Waals surface area contributed by atoms with Crippen molar-refractivity contribution in [1.29, 1.82) is 5.26 Å². The van der Waals surface area contributed by atoms with Gasteiger partial charge in [0.25, 0.3) is 5.91 Å². The molecule has 0 bridgehead atoms. The number of hydrogen-bond donors (Lipinski definition) is 4. The van der Waals surface area contributed by atoms with Crippen LogP contribution in [0.3, 0.4) is 0 Å². The summed E-state index contributed by atoms with van der Waals surface area (Å²) in [4.78, 5) is 27.4. The lowest BCUT2D eigenvalue weighted by Crippen LogP contribution is -2.54. The third-order valence-corrected chi connectivity index (χ3v) is 6.36. The van der Waals surface area contributed by atoms with Crippen molar-refractivity contribution in [2.24, 2.45) is 5.92 Å². The smallest absolute Gasteiger partial charge is 0.402 e. The van der Waals surface area contributed by atoms with E-state index >= 15 is 0 Å². The van der Waals surface area contributed by atoms with Crippen LogP contribution in [0.1, 0.15) is 44.7 Å². The normalized spacial score (nSPS) is 17.3. The Balaban J connectivity index is 2.09. The lowest BCUT2D eigenvalue weighted by Gasteiger charge is -2.27. The number of nitriles is 1. The molecular weight excluding hydrogens is 544 g/mol. The molecule has 0 aliphatic carbocycles. The summed E-state index contributed by atoms with van der Waals surface area (Å²) in [5.74, 6) is -1.36. The lowest BCUT2D eigenvalue weighted by molar-refractivity contribution is -0.136. The highest BCUT2D eigenvalue weighted by Crippen LogP contribution is 2.21. The van der Waals surface area contributed by atoms with Crippen LogP contribution in [0.2, 0.25) is 0 Å². The van der Waals surface area contributed by atoms with Gasteiger partial charge in [-0.25, -0.2) is 0 Å². The van der Waals surface area contributed by atoms with Gasteiger partial charge in [0.2, 0.25) is 5.91 Å². The van der Waals surface area contributed by atoms with Crippen molar-refractivity contribution in [3.05, 3.63) is 47.0 Å². The van der Waals surface area contributed by atoms with Crippen LogP contribution >= 0.6 is 0 Å². The summed E-state index contributed by atoms with van der Waals surface area (Å²) in [5.41, 5.74) is 1.72. The van der Waals surface area contributed by atoms with E-state index in [1.54, 1.807) is 18.2 Å². The average molecular weight is 582 g/mol. The topological polar surface area (TPSA) is 144 Å². The van der Waals surface area contributed by atoms with Gasteiger partial charge >= 0.3 is 13.5 Å². The van der Waals surface area contributed by atoms with Crippen LogP contribution in [0, 0.1) is 17.2 Å². The molecule has 2 amide bonds. The standard InChI is InChI=1S/C27H38BF3N4O6/c1-4-19-7-5-8-20(12-19)13-24(41-28(38)39)34-25(36)23(33-17-27(29,30)31)16-40-15-22-9-6-10-35(22)26(37)21(14-32)11-18(2)3/h5,7-8,11-12,18,22-24,33,38-39H,4,6,9-10,13,15-17H2,1-3H3,(H,34,36)/t22-,23+,24-/m1/s1. The number of benzene rings is 1. The monoisotopic (exact) mass is 582 g/mol. The molecule has 1 aromatic carbocycles. The minimum Gasteiger partial charge on any atom is -0.402 e. The van der Waals surface area contributed by atoms with Crippen LogP contribution in [0.5, 0.6) is 0 Å². The molecule has 1 aliphatic heterocycles. The van der Waals surface area contributed by atoms with Gasteiger partial charge in [0.15, 0.2) is 0 Å². The number of ether oxygens (including phenoxy) is 1. The third kappa shape index (κ3) is 12.2. The summed E-state index contributed by atoms with van der Waals surface area (Å²) in [6.07, 6.45) is -2.30. The SMILES string of the molecule is CCc1cccc(C[C@H](NC(=O)[C@H](COC[C@H]2CCCN2C(=O)C(C#N)=CC(C)C)NCC(F)(F)F)OB(O)O)c1. The highest BCUT2D eigenvalue weighted by molar-refractivity contribution is 6.32. The molecular formula is C27H38BF3N4O6. The Morgan fingerprint density at radius 3 is 2.61 bits per heavy atom. The van der Waals surface area contributed by atoms with Gasteiger partial charge in [-0.1, -0.05) is 51.1 Å². The molecule has 1 fully saturated rings. The van der Waals surface area contributed by atoms with Gasteiger partial charge in [0, 0.05) is 13.0 Å². The molecule has 41 heavy (non-hydrogen) atoms. The first-order chi connectivity index (χ1) is 19.3. The molecule has 0 unspecified atom stereocenters. The molecule has 2 rings (SSSR count). The van der Waals surface area contributed by atoms with Gasteiger partial charge < -0.3 is 29.7 Å². The largest absolute Gasteiger partial charge is 0.635 e. The number of alkyl halides is 3. The van der Waals surface area contributed by atoms with Gasteiger partial charge in [-0.3, -0.25) is 14.9 Å². The minimum absolute atomic E-state index is 0.0117. The van der Waals surface area contributed by atoms with Crippen LogP contribution in [-0.2, 0) is 31.8 Å². The number of allylic oxidation sites excluding steroid dienone is 1. The van der Waals surface area contributed by atoms with Gasteiger partial charge in [0.1, 0.15) is 23.9 Å². The van der Waals surface area contributed by atoms with Gasteiger partial charge in [-0.05, 0) is 36.3 Å². The first-order valence-electron chi connectivity index (χ1n) is 13.5. The van der Waals surface area contributed by atoms with Crippen molar-refractivity contribution in [1.82, 2.24) is 15.5 Å². The van der Waals surface area contributed by atoms with Crippen molar-refractivity contribution < 1.29 is 42.2 Å². The van der Waals surface area contributed by atoms with E-state index in [0.717, 1.165) is 12.0 Å². The zero-order valence-corrected chi connectivity index (χ0v) is 23.5. The number of likely N-dealkylation sites (tertiary alicyclic amines) is 1. The van der Waals surface area contributed by atoms with E-state index in [4.69, 9.17) is 9.39 Å². The number of nitrogens with one attached hydrogen (secondary N) is 2. The first kappa shape index (κ1) is 34.2. The molecule has 1 heterocycles. The quantitative estimate of drug-likeness (QED) is 0.106. The Labute approximate surface area is 238 Å². The predicted octanol–water partition coefficient (Wildman–Crippen LogP) is 1.85. The van der Waals surface area contributed by atoms with Crippen LogP contribution < -0.4 is 10.6 Å². The molecule has 14 heteroatoms. The van der Waals surface area contributed by atoms with Crippen molar-refractivity contribution in [3.8, 4) is 6.07 Å². The first-order valence-corrected chi connectivity index (χ1v) is 13.5. The number of carbonyl (C=O) groups excluding carboxylic acids is 2. The molecule has 1 aromatic rings. The average Bonchev–Trinajstić information content (AvgIpc) is 3.36. The van der Waals surface area contributed by atoms with Gasteiger partial charge in [-0.2, -0.15) is 18.4 Å². The zero-order valence-electron chi connectivity index (χ0n) is 23.5. The van der Waals surface area contributed by atoms with E-state index in [0.29, 0.717) is 24.9 Å². The Hall–Kier alpha value is -2.96. The van der Waals surface area contributed by atoms with E-state index in [1.165, 1.54) is 4.90 Å². The molecule has 0 spiro atoms. The third-order valence-electron chi connectivity index (χ3n) is 6.36. The Morgan fingerprint density at radius 1 is 1.29 bits per heavy atom. The van der Waals surface area contributed by atoms with Crippen LogP contribution in [-0.4, -0.2) is 84.9 Å². The highest BCUT2D eigenvalue weighted by atomic mass is 19.4. The maximum Gasteiger partial charge on any atom is 0.635 e. The fourth-order valence-electron chi connectivity index (χ4n) is 4.44. The number of carbonyl (C=O) groups is 2. The van der Waals surface area contributed by atoms with E-state index in [1.807, 2.05) is 39.0 Å². The number of hydrogen-bond acceptors (Lipinski definition) is 8. The number of rotatable bonds is 15. The van der Waals surface area contributed by atoms with E-state index < -0.39 is 56.8 Å². The van der Waals surface area contributed by atoms with Crippen LogP contribution in [0.15, 0.2) is 35.9 Å². The minimum atomic E-state index is -4.61. The molecule has 1 aliphatic rings. The maximum atomic E-state index is 13.0. The molecule has 1 saturated heterocycles. The number of halogens is 3. The molecule has 10 nitrogen and oxygen atoms in total. The summed E-state index contributed by atoms with van der Waals surface area (Å²) < 4.78 is 49.6. The molecule has 0 radical (unpaired) electrons. The zero-order chi connectivity index (χ0) is 30.6. The van der Waals surface area contributed by atoms with Crippen LogP contribution in [0.25, 0.3) is 0 Å². The molecule has 0 aromatic heterocycles. The highest BCUT2D eigenvalue weighted by Gasteiger charge is 2.34. The van der Waals surface area contributed by atoms with E-state index in [-0.39, 0.29) is 24.5 Å². The van der Waals surface area contributed by atoms with Gasteiger partial charge in [0.05, 0.1) is 25.8 Å². The number of aryl methyl sites for hydroxylation is 1. The predicted molar refractivity (Wildman–Crippen MR) is 145 cm³/mol. The summed E-state index contributed by atoms with van der Waals surface area (Å²) >= 11 is 0. The Bertz CT molecular complexity index is 1080. The van der Waals surface area contributed by atoms with Crippen LogP contribution in [0.4, 0.5) is 13.2 Å². The molecule has 3 atom stereocenters. The van der Waals surface area contributed by atoms with E-state index in [2.05, 4.69) is 10.6 Å². The molecule has 0 saturated carbocycles. The fourth-order valence-corrected chi connectivity index (χ4v) is 4.44. The number of nitrogens with zero attached hydrogens (tertiary/aromatic N) is 2. The number of amides is 2. The lowest BCUT2D eigenvalue weighted by atomic mass is 10.1. The van der Waals surface area contributed by atoms with Crippen molar-refractivity contribution in [2.75, 3.05) is 26.3 Å². The van der Waals surface area contributed by atoms with Gasteiger partial charge in [-0.15, -0.1) is 0 Å². The summed E-state index contributed by atoms with van der Waals surface area (Å²) in [6, 6.07) is 7.31. The Kier molecular flexibility index (Phi) is 13.8. The molecule has 4 N–H and O–H groups in total. The maximum absolute atomic E-state index is 13.0. The van der Waals surface area contributed by atoms with Crippen molar-refractivity contribution >= 4 is 19.1 Å². The second-order valence-corrected chi connectivity index (χ2v) is 10.2. The van der Waals surface area contributed by atoms with Crippen molar-refractivity contribution in [2.45, 2.75) is 70.9 Å². The summed E-state index contributed by atoms with van der Waals surface area (Å²) in [6.45, 7) is 4.05.